The summed E-state index contributed by atoms with van der Waals surface area (Å²) in [5.74, 6) is 1.62. The summed E-state index contributed by atoms with van der Waals surface area (Å²) in [5, 5.41) is 13.1. The van der Waals surface area contributed by atoms with Crippen molar-refractivity contribution in [2.45, 2.75) is 29.7 Å². The maximum absolute atomic E-state index is 12.6. The van der Waals surface area contributed by atoms with Crippen LogP contribution in [0.1, 0.15) is 17.0 Å². The zero-order valence-corrected chi connectivity index (χ0v) is 20.7. The van der Waals surface area contributed by atoms with Gasteiger partial charge in [0, 0.05) is 21.3 Å². The third kappa shape index (κ3) is 6.19. The van der Waals surface area contributed by atoms with Crippen molar-refractivity contribution in [3.8, 4) is 5.69 Å². The van der Waals surface area contributed by atoms with Crippen molar-refractivity contribution in [1.82, 2.24) is 14.8 Å². The summed E-state index contributed by atoms with van der Waals surface area (Å²) in [6.07, 6.45) is 0. The van der Waals surface area contributed by atoms with Gasteiger partial charge >= 0.3 is 0 Å². The van der Waals surface area contributed by atoms with Gasteiger partial charge in [0.05, 0.1) is 11.5 Å². The van der Waals surface area contributed by atoms with Crippen molar-refractivity contribution in [3.05, 3.63) is 94.8 Å². The van der Waals surface area contributed by atoms with Crippen molar-refractivity contribution < 1.29 is 4.79 Å². The summed E-state index contributed by atoms with van der Waals surface area (Å²) < 4.78 is 2.02. The molecule has 8 heteroatoms. The number of hydrogen-bond acceptors (Lipinski definition) is 5. The highest BCUT2D eigenvalue weighted by atomic mass is 35.5. The van der Waals surface area contributed by atoms with Gasteiger partial charge in [0.1, 0.15) is 5.82 Å². The van der Waals surface area contributed by atoms with Crippen molar-refractivity contribution in [2.24, 2.45) is 0 Å². The normalized spacial score (nSPS) is 10.9. The van der Waals surface area contributed by atoms with E-state index < -0.39 is 0 Å². The molecule has 0 radical (unpaired) electrons. The smallest absolute Gasteiger partial charge is 0.234 e. The van der Waals surface area contributed by atoms with E-state index in [1.54, 1.807) is 17.8 Å². The van der Waals surface area contributed by atoms with Crippen LogP contribution in [-0.4, -0.2) is 26.4 Å². The van der Waals surface area contributed by atoms with E-state index in [0.29, 0.717) is 15.9 Å². The number of rotatable bonds is 8. The van der Waals surface area contributed by atoms with Gasteiger partial charge in [-0.1, -0.05) is 59.3 Å². The number of para-hydroxylation sites is 1. The van der Waals surface area contributed by atoms with Crippen LogP contribution in [0.2, 0.25) is 5.02 Å². The number of amides is 1. The predicted octanol–water partition coefficient (Wildman–Crippen LogP) is 6.56. The highest BCUT2D eigenvalue weighted by Crippen LogP contribution is 2.28. The lowest BCUT2D eigenvalue weighted by atomic mass is 10.2. The number of carbonyl (C=O) groups excluding carboxylic acids is 1. The molecule has 5 nitrogen and oxygen atoms in total. The van der Waals surface area contributed by atoms with Crippen LogP contribution in [0.25, 0.3) is 5.69 Å². The Morgan fingerprint density at radius 1 is 0.970 bits per heavy atom. The molecule has 4 rings (SSSR count). The first-order chi connectivity index (χ1) is 16.0. The van der Waals surface area contributed by atoms with Gasteiger partial charge < -0.3 is 5.32 Å². The quantitative estimate of drug-likeness (QED) is 0.281. The van der Waals surface area contributed by atoms with E-state index in [1.807, 2.05) is 54.0 Å². The molecule has 1 heterocycles. The van der Waals surface area contributed by atoms with Crippen LogP contribution in [0.15, 0.2) is 82.8 Å². The van der Waals surface area contributed by atoms with Crippen molar-refractivity contribution in [2.75, 3.05) is 11.1 Å². The van der Waals surface area contributed by atoms with Crippen LogP contribution < -0.4 is 5.32 Å². The van der Waals surface area contributed by atoms with Crippen LogP contribution in [0, 0.1) is 13.8 Å². The average Bonchev–Trinajstić information content (AvgIpc) is 3.22. The highest BCUT2D eigenvalue weighted by Gasteiger charge is 2.16. The fourth-order valence-electron chi connectivity index (χ4n) is 3.19. The summed E-state index contributed by atoms with van der Waals surface area (Å²) >= 11 is 9.08. The van der Waals surface area contributed by atoms with E-state index in [4.69, 9.17) is 11.6 Å². The average molecular weight is 495 g/mol. The molecule has 3 aromatic carbocycles. The Bertz CT molecular complexity index is 1240. The molecule has 0 atom stereocenters. The first-order valence-corrected chi connectivity index (χ1v) is 12.7. The van der Waals surface area contributed by atoms with E-state index in [-0.39, 0.29) is 11.7 Å². The van der Waals surface area contributed by atoms with Gasteiger partial charge in [-0.05, 0) is 61.9 Å². The van der Waals surface area contributed by atoms with Crippen LogP contribution in [0.4, 0.5) is 5.69 Å². The number of anilines is 1. The topological polar surface area (TPSA) is 59.8 Å². The van der Waals surface area contributed by atoms with E-state index in [2.05, 4.69) is 46.7 Å². The van der Waals surface area contributed by atoms with Crippen LogP contribution in [0.5, 0.6) is 0 Å². The van der Waals surface area contributed by atoms with Gasteiger partial charge in [0.15, 0.2) is 5.16 Å². The Kier molecular flexibility index (Phi) is 7.75. The van der Waals surface area contributed by atoms with Gasteiger partial charge in [-0.2, -0.15) is 0 Å². The van der Waals surface area contributed by atoms with Crippen LogP contribution in [0.3, 0.4) is 0 Å². The van der Waals surface area contributed by atoms with Gasteiger partial charge in [-0.3, -0.25) is 9.36 Å². The molecule has 168 valence electrons. The molecule has 0 aliphatic rings. The molecule has 0 spiro atoms. The van der Waals surface area contributed by atoms with E-state index in [0.717, 1.165) is 22.8 Å². The highest BCUT2D eigenvalue weighted by molar-refractivity contribution is 7.99. The second-order valence-corrected chi connectivity index (χ2v) is 9.90. The Balaban J connectivity index is 1.49. The Morgan fingerprint density at radius 3 is 2.45 bits per heavy atom. The zero-order chi connectivity index (χ0) is 23.2. The number of nitrogens with zero attached hydrogens (tertiary/aromatic N) is 3. The van der Waals surface area contributed by atoms with Gasteiger partial charge in [0.25, 0.3) is 0 Å². The first kappa shape index (κ1) is 23.4. The Morgan fingerprint density at radius 2 is 1.73 bits per heavy atom. The number of aryl methyl sites for hydroxylation is 2. The number of thioether (sulfide) groups is 2. The molecular formula is C25H23ClN4OS2. The molecule has 1 amide bonds. The summed E-state index contributed by atoms with van der Waals surface area (Å²) in [7, 11) is 0. The SMILES string of the molecule is Cc1ccc(SCc2nnc(SCC(=O)Nc3ccc(Cl)cc3C)n2-c2ccccc2)cc1. The van der Waals surface area contributed by atoms with Crippen molar-refractivity contribution in [3.63, 3.8) is 0 Å². The third-order valence-corrected chi connectivity index (χ3v) is 7.07. The first-order valence-electron chi connectivity index (χ1n) is 10.4. The molecule has 33 heavy (non-hydrogen) atoms. The summed E-state index contributed by atoms with van der Waals surface area (Å²) in [4.78, 5) is 13.8. The van der Waals surface area contributed by atoms with E-state index in [9.17, 15) is 4.79 Å². The lowest BCUT2D eigenvalue weighted by Gasteiger charge is -2.11. The standard InChI is InChI=1S/C25H23ClN4OS2/c1-17-8-11-21(12-9-17)32-15-23-28-29-25(30(23)20-6-4-3-5-7-20)33-16-24(31)27-22-13-10-19(26)14-18(22)2/h3-14H,15-16H2,1-2H3,(H,27,31). The molecule has 0 aliphatic carbocycles. The monoisotopic (exact) mass is 494 g/mol. The molecule has 0 bridgehead atoms. The molecule has 0 fully saturated rings. The number of benzene rings is 3. The molecule has 4 aromatic rings. The number of nitrogens with one attached hydrogen (secondary N) is 1. The summed E-state index contributed by atoms with van der Waals surface area (Å²) in [6.45, 7) is 3.99. The number of hydrogen-bond donors (Lipinski definition) is 1. The minimum atomic E-state index is -0.108. The van der Waals surface area contributed by atoms with Gasteiger partial charge in [-0.25, -0.2) is 0 Å². The molecule has 0 unspecified atom stereocenters. The maximum Gasteiger partial charge on any atom is 0.234 e. The lowest BCUT2D eigenvalue weighted by Crippen LogP contribution is -2.15. The van der Waals surface area contributed by atoms with Crippen LogP contribution >= 0.6 is 35.1 Å². The molecule has 0 aliphatic heterocycles. The zero-order valence-electron chi connectivity index (χ0n) is 18.3. The second kappa shape index (κ2) is 10.9. The number of halogens is 1. The third-order valence-electron chi connectivity index (χ3n) is 4.90. The van der Waals surface area contributed by atoms with Crippen molar-refractivity contribution >= 4 is 46.7 Å². The second-order valence-electron chi connectivity index (χ2n) is 7.47. The maximum atomic E-state index is 12.6. The van der Waals surface area contributed by atoms with E-state index in [1.165, 1.54) is 22.2 Å². The summed E-state index contributed by atoms with van der Waals surface area (Å²) in [6, 6.07) is 23.8. The molecular weight excluding hydrogens is 472 g/mol. The van der Waals surface area contributed by atoms with Gasteiger partial charge in [0.2, 0.25) is 5.91 Å². The number of carbonyl (C=O) groups is 1. The van der Waals surface area contributed by atoms with Gasteiger partial charge in [-0.15, -0.1) is 22.0 Å². The Hall–Kier alpha value is -2.74. The fraction of sp³-hybridized carbons (Fsp3) is 0.160. The Labute approximate surface area is 207 Å². The molecule has 0 saturated carbocycles. The fourth-order valence-corrected chi connectivity index (χ4v) is 5.00. The summed E-state index contributed by atoms with van der Waals surface area (Å²) in [5.41, 5.74) is 3.88. The minimum Gasteiger partial charge on any atom is -0.325 e. The van der Waals surface area contributed by atoms with E-state index >= 15 is 0 Å². The lowest BCUT2D eigenvalue weighted by molar-refractivity contribution is -0.113. The van der Waals surface area contributed by atoms with Crippen molar-refractivity contribution in [1.29, 1.82) is 0 Å². The number of aromatic nitrogens is 3. The molecule has 1 aromatic heterocycles. The largest absolute Gasteiger partial charge is 0.325 e. The predicted molar refractivity (Wildman–Crippen MR) is 138 cm³/mol. The molecule has 0 saturated heterocycles. The van der Waals surface area contributed by atoms with Crippen LogP contribution in [-0.2, 0) is 10.5 Å². The molecule has 1 N–H and O–H groups in total. The minimum absolute atomic E-state index is 0.108.